The first kappa shape index (κ1) is 21.6. The van der Waals surface area contributed by atoms with Crippen LogP contribution in [0.3, 0.4) is 0 Å². The molecular formula is C22H26N2O6S. The molecule has 0 aliphatic carbocycles. The summed E-state index contributed by atoms with van der Waals surface area (Å²) in [6, 6.07) is 11.6. The van der Waals surface area contributed by atoms with Gasteiger partial charge in [-0.05, 0) is 55.8 Å². The van der Waals surface area contributed by atoms with Gasteiger partial charge in [-0.3, -0.25) is 4.79 Å². The minimum Gasteiger partial charge on any atom is -0.486 e. The molecule has 0 saturated carbocycles. The van der Waals surface area contributed by atoms with Crippen LogP contribution in [0.25, 0.3) is 0 Å². The zero-order chi connectivity index (χ0) is 22.1. The first-order chi connectivity index (χ1) is 14.8. The molecule has 2 aromatic carbocycles. The van der Waals surface area contributed by atoms with Gasteiger partial charge in [0, 0.05) is 18.7 Å². The molecule has 4 rings (SSSR count). The number of hydrogen-bond donors (Lipinski definition) is 1. The maximum absolute atomic E-state index is 12.8. The van der Waals surface area contributed by atoms with Crippen molar-refractivity contribution in [3.8, 4) is 11.5 Å². The fourth-order valence-electron chi connectivity index (χ4n) is 3.57. The SMILES string of the molecule is CC(C)(NC(=O)c1ccc(S(=O)(=O)N2CCOCC2)cc1)c1ccc2c(c1)OCCO2. The van der Waals surface area contributed by atoms with Crippen LogP contribution in [0.4, 0.5) is 0 Å². The lowest BCUT2D eigenvalue weighted by Crippen LogP contribution is -2.41. The van der Waals surface area contributed by atoms with Gasteiger partial charge in [-0.2, -0.15) is 4.31 Å². The quantitative estimate of drug-likeness (QED) is 0.756. The molecule has 166 valence electrons. The standard InChI is InChI=1S/C22H26N2O6S/c1-22(2,17-5-8-19-20(15-17)30-14-13-29-19)23-21(25)16-3-6-18(7-4-16)31(26,27)24-9-11-28-12-10-24/h3-8,15H,9-14H2,1-2H3,(H,23,25). The predicted octanol–water partition coefficient (Wildman–Crippen LogP) is 2.14. The fourth-order valence-corrected chi connectivity index (χ4v) is 4.98. The van der Waals surface area contributed by atoms with E-state index in [1.165, 1.54) is 28.6 Å². The molecule has 1 N–H and O–H groups in total. The monoisotopic (exact) mass is 446 g/mol. The highest BCUT2D eigenvalue weighted by Crippen LogP contribution is 2.34. The van der Waals surface area contributed by atoms with Crippen molar-refractivity contribution in [2.75, 3.05) is 39.5 Å². The lowest BCUT2D eigenvalue weighted by molar-refractivity contribution is 0.0730. The van der Waals surface area contributed by atoms with Gasteiger partial charge in [0.05, 0.1) is 23.6 Å². The molecule has 8 nitrogen and oxygen atoms in total. The fraction of sp³-hybridized carbons (Fsp3) is 0.409. The molecule has 1 fully saturated rings. The Morgan fingerprint density at radius 3 is 2.26 bits per heavy atom. The van der Waals surface area contributed by atoms with Crippen molar-refractivity contribution in [1.82, 2.24) is 9.62 Å². The van der Waals surface area contributed by atoms with E-state index in [1.54, 1.807) is 0 Å². The molecule has 0 unspecified atom stereocenters. The van der Waals surface area contributed by atoms with Crippen LogP contribution in [-0.2, 0) is 20.3 Å². The Labute approximate surface area is 182 Å². The Kier molecular flexibility index (Phi) is 5.92. The second kappa shape index (κ2) is 8.49. The van der Waals surface area contributed by atoms with E-state index in [1.807, 2.05) is 32.0 Å². The molecule has 1 amide bonds. The van der Waals surface area contributed by atoms with Crippen molar-refractivity contribution in [3.63, 3.8) is 0 Å². The van der Waals surface area contributed by atoms with Crippen LogP contribution in [0.2, 0.25) is 0 Å². The smallest absolute Gasteiger partial charge is 0.251 e. The molecular weight excluding hydrogens is 420 g/mol. The lowest BCUT2D eigenvalue weighted by Gasteiger charge is -2.29. The van der Waals surface area contributed by atoms with Gasteiger partial charge < -0.3 is 19.5 Å². The third-order valence-electron chi connectivity index (χ3n) is 5.41. The number of hydrogen-bond acceptors (Lipinski definition) is 6. The molecule has 0 radical (unpaired) electrons. The van der Waals surface area contributed by atoms with Crippen LogP contribution in [0, 0.1) is 0 Å². The maximum atomic E-state index is 12.8. The number of amides is 1. The minimum absolute atomic E-state index is 0.164. The second-order valence-corrected chi connectivity index (χ2v) is 9.92. The molecule has 2 aliphatic rings. The average Bonchev–Trinajstić information content (AvgIpc) is 2.79. The van der Waals surface area contributed by atoms with Crippen molar-refractivity contribution in [2.24, 2.45) is 0 Å². The van der Waals surface area contributed by atoms with E-state index in [0.29, 0.717) is 56.6 Å². The van der Waals surface area contributed by atoms with E-state index in [2.05, 4.69) is 5.32 Å². The third kappa shape index (κ3) is 4.53. The van der Waals surface area contributed by atoms with Crippen molar-refractivity contribution in [2.45, 2.75) is 24.3 Å². The highest BCUT2D eigenvalue weighted by atomic mass is 32.2. The number of fused-ring (bicyclic) bond motifs is 1. The minimum atomic E-state index is -3.60. The first-order valence-corrected chi connectivity index (χ1v) is 11.6. The van der Waals surface area contributed by atoms with Gasteiger partial charge in [0.15, 0.2) is 11.5 Å². The zero-order valence-electron chi connectivity index (χ0n) is 17.6. The van der Waals surface area contributed by atoms with E-state index in [0.717, 1.165) is 5.56 Å². The summed E-state index contributed by atoms with van der Waals surface area (Å²) in [5.41, 5.74) is 0.578. The van der Waals surface area contributed by atoms with E-state index < -0.39 is 15.6 Å². The molecule has 9 heteroatoms. The number of sulfonamides is 1. The predicted molar refractivity (Wildman–Crippen MR) is 114 cm³/mol. The molecule has 0 bridgehead atoms. The van der Waals surface area contributed by atoms with Crippen LogP contribution in [0.15, 0.2) is 47.4 Å². The maximum Gasteiger partial charge on any atom is 0.251 e. The summed E-state index contributed by atoms with van der Waals surface area (Å²) in [4.78, 5) is 13.0. The van der Waals surface area contributed by atoms with Gasteiger partial charge in [-0.25, -0.2) is 8.42 Å². The molecule has 0 spiro atoms. The lowest BCUT2D eigenvalue weighted by atomic mass is 9.93. The van der Waals surface area contributed by atoms with E-state index in [4.69, 9.17) is 14.2 Å². The third-order valence-corrected chi connectivity index (χ3v) is 7.33. The normalized spacial score (nSPS) is 17.2. The van der Waals surface area contributed by atoms with Crippen LogP contribution in [0.1, 0.15) is 29.8 Å². The van der Waals surface area contributed by atoms with Gasteiger partial charge in [0.2, 0.25) is 10.0 Å². The van der Waals surface area contributed by atoms with Crippen LogP contribution in [0.5, 0.6) is 11.5 Å². The van der Waals surface area contributed by atoms with E-state index in [9.17, 15) is 13.2 Å². The number of rotatable bonds is 5. The highest BCUT2D eigenvalue weighted by molar-refractivity contribution is 7.89. The first-order valence-electron chi connectivity index (χ1n) is 10.2. The van der Waals surface area contributed by atoms with E-state index in [-0.39, 0.29) is 10.8 Å². The number of carbonyl (C=O) groups excluding carboxylic acids is 1. The van der Waals surface area contributed by atoms with Crippen molar-refractivity contribution < 1.29 is 27.4 Å². The molecule has 31 heavy (non-hydrogen) atoms. The van der Waals surface area contributed by atoms with Gasteiger partial charge in [-0.15, -0.1) is 0 Å². The molecule has 2 aliphatic heterocycles. The summed E-state index contributed by atoms with van der Waals surface area (Å²) in [5.74, 6) is 1.05. The van der Waals surface area contributed by atoms with Gasteiger partial charge in [0.25, 0.3) is 5.91 Å². The highest BCUT2D eigenvalue weighted by Gasteiger charge is 2.28. The number of benzene rings is 2. The Bertz CT molecular complexity index is 1060. The van der Waals surface area contributed by atoms with Crippen molar-refractivity contribution >= 4 is 15.9 Å². The molecule has 1 saturated heterocycles. The average molecular weight is 447 g/mol. The Morgan fingerprint density at radius 2 is 1.58 bits per heavy atom. The molecule has 0 atom stereocenters. The summed E-state index contributed by atoms with van der Waals surface area (Å²) in [6.07, 6.45) is 0. The van der Waals surface area contributed by atoms with Crippen molar-refractivity contribution in [1.29, 1.82) is 0 Å². The molecule has 2 heterocycles. The summed E-state index contributed by atoms with van der Waals surface area (Å²) >= 11 is 0. The van der Waals surface area contributed by atoms with Crippen LogP contribution < -0.4 is 14.8 Å². The number of morpholine rings is 1. The van der Waals surface area contributed by atoms with Crippen LogP contribution in [-0.4, -0.2) is 58.1 Å². The van der Waals surface area contributed by atoms with Gasteiger partial charge >= 0.3 is 0 Å². The molecule has 0 aromatic heterocycles. The Balaban J connectivity index is 1.48. The Hall–Kier alpha value is -2.62. The Morgan fingerprint density at radius 1 is 0.935 bits per heavy atom. The largest absolute Gasteiger partial charge is 0.486 e. The zero-order valence-corrected chi connectivity index (χ0v) is 18.4. The number of ether oxygens (including phenoxy) is 3. The van der Waals surface area contributed by atoms with Gasteiger partial charge in [-0.1, -0.05) is 6.07 Å². The number of nitrogens with zero attached hydrogens (tertiary/aromatic N) is 1. The summed E-state index contributed by atoms with van der Waals surface area (Å²) in [7, 11) is -3.60. The van der Waals surface area contributed by atoms with E-state index >= 15 is 0 Å². The summed E-state index contributed by atoms with van der Waals surface area (Å²) < 4.78 is 43.3. The van der Waals surface area contributed by atoms with Crippen LogP contribution >= 0.6 is 0 Å². The molecule has 2 aromatic rings. The van der Waals surface area contributed by atoms with Crippen molar-refractivity contribution in [3.05, 3.63) is 53.6 Å². The van der Waals surface area contributed by atoms with Gasteiger partial charge in [0.1, 0.15) is 13.2 Å². The number of carbonyl (C=O) groups is 1. The topological polar surface area (TPSA) is 94.2 Å². The summed E-state index contributed by atoms with van der Waals surface area (Å²) in [5, 5.41) is 3.01. The second-order valence-electron chi connectivity index (χ2n) is 7.98. The number of nitrogens with one attached hydrogen (secondary N) is 1. The summed E-state index contributed by atoms with van der Waals surface area (Å²) in [6.45, 7) is 6.22.